The van der Waals surface area contributed by atoms with E-state index in [1.165, 1.54) is 18.2 Å². The van der Waals surface area contributed by atoms with Gasteiger partial charge in [0.2, 0.25) is 0 Å². The lowest BCUT2D eigenvalue weighted by Crippen LogP contribution is -2.16. The molecule has 1 atom stereocenters. The normalized spacial score (nSPS) is 13.9. The predicted molar refractivity (Wildman–Crippen MR) is 53.4 cm³/mol. The number of benzene rings is 1. The number of alkyl halides is 3. The second-order valence-corrected chi connectivity index (χ2v) is 3.76. The zero-order valence-electron chi connectivity index (χ0n) is 8.81. The van der Waals surface area contributed by atoms with Crippen molar-refractivity contribution in [1.82, 2.24) is 0 Å². The highest BCUT2D eigenvalue weighted by Crippen LogP contribution is 2.27. The zero-order chi connectivity index (χ0) is 12.3. The second-order valence-electron chi connectivity index (χ2n) is 3.76. The molecular formula is C11H13F4N. The molecule has 0 aromatic heterocycles. The van der Waals surface area contributed by atoms with Crippen LogP contribution in [0.2, 0.25) is 0 Å². The molecule has 1 rings (SSSR count). The number of halogens is 4. The fourth-order valence-electron chi connectivity index (χ4n) is 1.49. The van der Waals surface area contributed by atoms with Crippen LogP contribution in [0, 0.1) is 12.7 Å². The first kappa shape index (κ1) is 13.0. The van der Waals surface area contributed by atoms with Crippen LogP contribution in [0.5, 0.6) is 0 Å². The highest BCUT2D eigenvalue weighted by molar-refractivity contribution is 5.29. The van der Waals surface area contributed by atoms with Gasteiger partial charge in [0.25, 0.3) is 0 Å². The van der Waals surface area contributed by atoms with Crippen molar-refractivity contribution in [3.63, 3.8) is 0 Å². The molecule has 0 aliphatic heterocycles. The molecule has 0 heterocycles. The van der Waals surface area contributed by atoms with Gasteiger partial charge >= 0.3 is 6.18 Å². The smallest absolute Gasteiger partial charge is 0.324 e. The summed E-state index contributed by atoms with van der Waals surface area (Å²) in [6.45, 7) is 1.70. The number of aryl methyl sites for hydroxylation is 1. The third-order valence-electron chi connectivity index (χ3n) is 2.38. The van der Waals surface area contributed by atoms with E-state index in [0.29, 0.717) is 11.1 Å². The van der Waals surface area contributed by atoms with Gasteiger partial charge in [-0.25, -0.2) is 4.39 Å². The molecule has 0 unspecified atom stereocenters. The van der Waals surface area contributed by atoms with Gasteiger partial charge in [0, 0.05) is 12.5 Å². The minimum atomic E-state index is -4.22. The number of nitrogens with two attached hydrogens (primary N) is 1. The van der Waals surface area contributed by atoms with Gasteiger partial charge in [0.05, 0.1) is 0 Å². The number of hydrogen-bond donors (Lipinski definition) is 1. The van der Waals surface area contributed by atoms with Gasteiger partial charge in [-0.05, 0) is 36.6 Å². The van der Waals surface area contributed by atoms with Crippen LogP contribution in [-0.2, 0) is 0 Å². The maximum Gasteiger partial charge on any atom is 0.389 e. The van der Waals surface area contributed by atoms with Crippen molar-refractivity contribution >= 4 is 0 Å². The molecule has 2 N–H and O–H groups in total. The van der Waals surface area contributed by atoms with Crippen molar-refractivity contribution in [2.45, 2.75) is 32.0 Å². The maximum absolute atomic E-state index is 12.9. The Morgan fingerprint density at radius 2 is 1.94 bits per heavy atom. The summed E-state index contributed by atoms with van der Waals surface area (Å²) in [6, 6.07) is 3.18. The van der Waals surface area contributed by atoms with E-state index in [0.717, 1.165) is 0 Å². The van der Waals surface area contributed by atoms with Crippen molar-refractivity contribution in [2.24, 2.45) is 5.73 Å². The molecule has 0 aliphatic carbocycles. The molecule has 0 aliphatic rings. The molecule has 90 valence electrons. The molecule has 0 radical (unpaired) electrons. The summed E-state index contributed by atoms with van der Waals surface area (Å²) in [7, 11) is 0. The first-order chi connectivity index (χ1) is 7.29. The number of hydrogen-bond acceptors (Lipinski definition) is 1. The van der Waals surface area contributed by atoms with E-state index in [1.807, 2.05) is 0 Å². The molecule has 0 saturated carbocycles. The van der Waals surface area contributed by atoms with Crippen LogP contribution in [0.3, 0.4) is 0 Å². The Balaban J connectivity index is 2.73. The third-order valence-corrected chi connectivity index (χ3v) is 2.38. The fourth-order valence-corrected chi connectivity index (χ4v) is 1.49. The van der Waals surface area contributed by atoms with Crippen LogP contribution in [0.4, 0.5) is 17.6 Å². The summed E-state index contributed by atoms with van der Waals surface area (Å²) < 4.78 is 48.8. The van der Waals surface area contributed by atoms with Crippen LogP contribution >= 0.6 is 0 Å². The van der Waals surface area contributed by atoms with Crippen molar-refractivity contribution < 1.29 is 17.6 Å². The molecule has 1 nitrogen and oxygen atoms in total. The Labute approximate surface area is 91.3 Å². The minimum absolute atomic E-state index is 0.228. The van der Waals surface area contributed by atoms with Crippen molar-refractivity contribution in [3.05, 3.63) is 35.1 Å². The van der Waals surface area contributed by atoms with Crippen molar-refractivity contribution in [2.75, 3.05) is 0 Å². The first-order valence-corrected chi connectivity index (χ1v) is 4.88. The lowest BCUT2D eigenvalue weighted by atomic mass is 9.98. The Hall–Kier alpha value is -1.10. The summed E-state index contributed by atoms with van der Waals surface area (Å²) in [5.74, 6) is -0.483. The minimum Gasteiger partial charge on any atom is -0.324 e. The molecule has 0 bridgehead atoms. The van der Waals surface area contributed by atoms with Gasteiger partial charge in [-0.1, -0.05) is 6.07 Å². The Kier molecular flexibility index (Phi) is 3.91. The van der Waals surface area contributed by atoms with Gasteiger partial charge in [0.15, 0.2) is 0 Å². The Morgan fingerprint density at radius 1 is 1.31 bits per heavy atom. The summed E-state index contributed by atoms with van der Waals surface area (Å²) in [5.41, 5.74) is 6.74. The maximum atomic E-state index is 12.9. The molecule has 0 fully saturated rings. The standard InChI is InChI=1S/C11H13F4N/c1-7-2-3-8(12)6-9(7)10(16)4-5-11(13,14)15/h2-3,6,10H,4-5,16H2,1H3/t10-/m1/s1. The van der Waals surface area contributed by atoms with Gasteiger partial charge in [-0.3, -0.25) is 0 Å². The zero-order valence-corrected chi connectivity index (χ0v) is 8.81. The third kappa shape index (κ3) is 3.81. The average Bonchev–Trinajstić information content (AvgIpc) is 2.17. The summed E-state index contributed by atoms with van der Waals surface area (Å²) in [5, 5.41) is 0. The highest BCUT2D eigenvalue weighted by Gasteiger charge is 2.28. The van der Waals surface area contributed by atoms with Gasteiger partial charge < -0.3 is 5.73 Å². The van der Waals surface area contributed by atoms with E-state index in [2.05, 4.69) is 0 Å². The van der Waals surface area contributed by atoms with Crippen LogP contribution < -0.4 is 5.73 Å². The largest absolute Gasteiger partial charge is 0.389 e. The lowest BCUT2D eigenvalue weighted by Gasteiger charge is -2.15. The van der Waals surface area contributed by atoms with E-state index >= 15 is 0 Å². The van der Waals surface area contributed by atoms with E-state index in [-0.39, 0.29) is 6.42 Å². The van der Waals surface area contributed by atoms with Crippen molar-refractivity contribution in [1.29, 1.82) is 0 Å². The molecule has 0 amide bonds. The first-order valence-electron chi connectivity index (χ1n) is 4.88. The second kappa shape index (κ2) is 4.82. The number of rotatable bonds is 3. The SMILES string of the molecule is Cc1ccc(F)cc1[C@H](N)CCC(F)(F)F. The summed E-state index contributed by atoms with van der Waals surface area (Å²) in [6.07, 6.45) is -5.41. The monoisotopic (exact) mass is 235 g/mol. The van der Waals surface area contributed by atoms with Crippen LogP contribution in [0.15, 0.2) is 18.2 Å². The van der Waals surface area contributed by atoms with Crippen LogP contribution in [0.1, 0.15) is 30.0 Å². The molecule has 16 heavy (non-hydrogen) atoms. The molecule has 1 aromatic carbocycles. The van der Waals surface area contributed by atoms with Crippen LogP contribution in [-0.4, -0.2) is 6.18 Å². The molecule has 0 saturated heterocycles. The quantitative estimate of drug-likeness (QED) is 0.797. The Bertz CT molecular complexity index is 359. The highest BCUT2D eigenvalue weighted by atomic mass is 19.4. The van der Waals surface area contributed by atoms with E-state index in [4.69, 9.17) is 5.73 Å². The van der Waals surface area contributed by atoms with Gasteiger partial charge in [-0.2, -0.15) is 13.2 Å². The summed E-state index contributed by atoms with van der Waals surface area (Å²) in [4.78, 5) is 0. The summed E-state index contributed by atoms with van der Waals surface area (Å²) >= 11 is 0. The molecule has 5 heteroatoms. The predicted octanol–water partition coefficient (Wildman–Crippen LogP) is 3.48. The van der Waals surface area contributed by atoms with E-state index in [1.54, 1.807) is 6.92 Å². The average molecular weight is 235 g/mol. The molecule has 1 aromatic rings. The lowest BCUT2D eigenvalue weighted by molar-refractivity contribution is -0.136. The molecular weight excluding hydrogens is 222 g/mol. The van der Waals surface area contributed by atoms with Gasteiger partial charge in [0.1, 0.15) is 5.82 Å². The van der Waals surface area contributed by atoms with E-state index < -0.39 is 24.5 Å². The van der Waals surface area contributed by atoms with Crippen LogP contribution in [0.25, 0.3) is 0 Å². The molecule has 0 spiro atoms. The topological polar surface area (TPSA) is 26.0 Å². The van der Waals surface area contributed by atoms with Crippen molar-refractivity contribution in [3.8, 4) is 0 Å². The Morgan fingerprint density at radius 3 is 2.50 bits per heavy atom. The van der Waals surface area contributed by atoms with Gasteiger partial charge in [-0.15, -0.1) is 0 Å². The fraction of sp³-hybridized carbons (Fsp3) is 0.455. The van der Waals surface area contributed by atoms with E-state index in [9.17, 15) is 17.6 Å².